The normalized spacial score (nSPS) is 10.5. The molecular formula is C23H21N5O3. The first kappa shape index (κ1) is 20.1. The van der Waals surface area contributed by atoms with Gasteiger partial charge in [0.1, 0.15) is 0 Å². The Morgan fingerprint density at radius 3 is 2.39 bits per heavy atom. The van der Waals surface area contributed by atoms with Gasteiger partial charge in [0.25, 0.3) is 5.91 Å². The van der Waals surface area contributed by atoms with Gasteiger partial charge in [-0.25, -0.2) is 0 Å². The number of para-hydroxylation sites is 1. The van der Waals surface area contributed by atoms with Crippen molar-refractivity contribution < 1.29 is 14.3 Å². The minimum absolute atomic E-state index is 0.160. The molecule has 0 unspecified atom stereocenters. The van der Waals surface area contributed by atoms with Gasteiger partial charge in [-0.15, -0.1) is 10.2 Å². The number of benzene rings is 3. The lowest BCUT2D eigenvalue weighted by molar-refractivity contribution is 0.102. The molecule has 1 heterocycles. The van der Waals surface area contributed by atoms with E-state index < -0.39 is 0 Å². The number of tetrazole rings is 1. The first-order valence-electron chi connectivity index (χ1n) is 9.62. The molecule has 8 nitrogen and oxygen atoms in total. The lowest BCUT2D eigenvalue weighted by atomic mass is 10.1. The van der Waals surface area contributed by atoms with Crippen molar-refractivity contribution in [3.8, 4) is 22.9 Å². The Morgan fingerprint density at radius 1 is 0.935 bits per heavy atom. The maximum absolute atomic E-state index is 12.4. The highest BCUT2D eigenvalue weighted by atomic mass is 16.5. The van der Waals surface area contributed by atoms with Crippen LogP contribution in [0.4, 0.5) is 5.69 Å². The Bertz CT molecular complexity index is 1170. The van der Waals surface area contributed by atoms with Gasteiger partial charge in [0, 0.05) is 16.8 Å². The fourth-order valence-corrected chi connectivity index (χ4v) is 3.05. The Labute approximate surface area is 179 Å². The van der Waals surface area contributed by atoms with Crippen molar-refractivity contribution in [2.45, 2.75) is 6.54 Å². The highest BCUT2D eigenvalue weighted by molar-refractivity contribution is 6.04. The average molecular weight is 415 g/mol. The van der Waals surface area contributed by atoms with E-state index in [0.717, 1.165) is 16.8 Å². The third-order valence-electron chi connectivity index (χ3n) is 4.67. The largest absolute Gasteiger partial charge is 0.493 e. The van der Waals surface area contributed by atoms with Gasteiger partial charge in [0.05, 0.1) is 20.8 Å². The van der Waals surface area contributed by atoms with E-state index in [-0.39, 0.29) is 5.91 Å². The molecule has 8 heteroatoms. The van der Waals surface area contributed by atoms with E-state index >= 15 is 0 Å². The molecule has 31 heavy (non-hydrogen) atoms. The Balaban J connectivity index is 1.43. The predicted molar refractivity (Wildman–Crippen MR) is 116 cm³/mol. The van der Waals surface area contributed by atoms with Crippen LogP contribution >= 0.6 is 0 Å². The van der Waals surface area contributed by atoms with Crippen LogP contribution in [0.2, 0.25) is 0 Å². The number of nitrogens with one attached hydrogen (secondary N) is 1. The number of aromatic nitrogens is 4. The summed E-state index contributed by atoms with van der Waals surface area (Å²) in [6.07, 6.45) is 0. The summed E-state index contributed by atoms with van der Waals surface area (Å²) in [6.45, 7) is 0.431. The highest BCUT2D eigenvalue weighted by Crippen LogP contribution is 2.30. The number of ether oxygens (including phenoxy) is 2. The number of carbonyl (C=O) groups excluding carboxylic acids is 1. The number of nitrogens with zero attached hydrogens (tertiary/aromatic N) is 4. The van der Waals surface area contributed by atoms with Crippen LogP contribution in [-0.2, 0) is 6.54 Å². The van der Waals surface area contributed by atoms with Gasteiger partial charge in [-0.05, 0) is 53.2 Å². The third-order valence-corrected chi connectivity index (χ3v) is 4.67. The zero-order valence-corrected chi connectivity index (χ0v) is 17.1. The van der Waals surface area contributed by atoms with Crippen LogP contribution in [-0.4, -0.2) is 40.3 Å². The van der Waals surface area contributed by atoms with Crippen LogP contribution in [0.5, 0.6) is 11.5 Å². The Hall–Kier alpha value is -4.20. The van der Waals surface area contributed by atoms with Gasteiger partial charge >= 0.3 is 0 Å². The second-order valence-corrected chi connectivity index (χ2v) is 6.73. The summed E-state index contributed by atoms with van der Waals surface area (Å²) in [5.41, 5.74) is 3.06. The minimum Gasteiger partial charge on any atom is -0.493 e. The molecule has 1 amide bonds. The summed E-state index contributed by atoms with van der Waals surface area (Å²) >= 11 is 0. The maximum Gasteiger partial charge on any atom is 0.255 e. The number of anilines is 1. The highest BCUT2D eigenvalue weighted by Gasteiger charge is 2.11. The van der Waals surface area contributed by atoms with Crippen molar-refractivity contribution in [1.29, 1.82) is 0 Å². The van der Waals surface area contributed by atoms with Crippen LogP contribution in [0.3, 0.4) is 0 Å². The molecule has 0 atom stereocenters. The first-order valence-corrected chi connectivity index (χ1v) is 9.62. The Morgan fingerprint density at radius 2 is 1.68 bits per heavy atom. The van der Waals surface area contributed by atoms with Crippen LogP contribution in [0.1, 0.15) is 15.9 Å². The second kappa shape index (κ2) is 9.08. The molecule has 0 radical (unpaired) electrons. The van der Waals surface area contributed by atoms with E-state index in [9.17, 15) is 4.79 Å². The van der Waals surface area contributed by atoms with Crippen LogP contribution < -0.4 is 14.8 Å². The first-order chi connectivity index (χ1) is 15.2. The number of carbonyl (C=O) groups is 1. The van der Waals surface area contributed by atoms with Crippen molar-refractivity contribution in [3.63, 3.8) is 0 Å². The van der Waals surface area contributed by atoms with Gasteiger partial charge in [-0.3, -0.25) is 4.79 Å². The van der Waals surface area contributed by atoms with E-state index in [0.29, 0.717) is 29.4 Å². The molecule has 0 aliphatic heterocycles. The van der Waals surface area contributed by atoms with E-state index in [1.807, 2.05) is 48.5 Å². The molecule has 1 N–H and O–H groups in total. The van der Waals surface area contributed by atoms with Crippen molar-refractivity contribution in [2.75, 3.05) is 19.5 Å². The zero-order chi connectivity index (χ0) is 21.6. The van der Waals surface area contributed by atoms with Crippen LogP contribution in [0, 0.1) is 0 Å². The van der Waals surface area contributed by atoms with Crippen molar-refractivity contribution >= 4 is 11.6 Å². The number of hydrogen-bond acceptors (Lipinski definition) is 6. The number of rotatable bonds is 7. The Kier molecular flexibility index (Phi) is 5.89. The van der Waals surface area contributed by atoms with Gasteiger partial charge in [-0.1, -0.05) is 30.3 Å². The average Bonchev–Trinajstić information content (AvgIpc) is 3.28. The monoisotopic (exact) mass is 415 g/mol. The number of hydrogen-bond donors (Lipinski definition) is 1. The third kappa shape index (κ3) is 4.69. The summed E-state index contributed by atoms with van der Waals surface area (Å²) < 4.78 is 10.6. The quantitative estimate of drug-likeness (QED) is 0.495. The fraction of sp³-hybridized carbons (Fsp3) is 0.130. The smallest absolute Gasteiger partial charge is 0.255 e. The second-order valence-electron chi connectivity index (χ2n) is 6.73. The molecule has 3 aromatic carbocycles. The summed E-state index contributed by atoms with van der Waals surface area (Å²) in [4.78, 5) is 13.9. The molecular weight excluding hydrogens is 394 g/mol. The van der Waals surface area contributed by atoms with Crippen molar-refractivity contribution in [2.24, 2.45) is 0 Å². The molecule has 0 fully saturated rings. The molecule has 0 aliphatic carbocycles. The maximum atomic E-state index is 12.4. The molecule has 0 saturated carbocycles. The van der Waals surface area contributed by atoms with Gasteiger partial charge in [0.15, 0.2) is 11.5 Å². The lowest BCUT2D eigenvalue weighted by Gasteiger charge is -2.07. The number of methoxy groups -OCH3 is 2. The molecule has 0 spiro atoms. The summed E-state index contributed by atoms with van der Waals surface area (Å²) in [5, 5.41) is 15.6. The van der Waals surface area contributed by atoms with Crippen molar-refractivity contribution in [3.05, 3.63) is 83.9 Å². The topological polar surface area (TPSA) is 91.2 Å². The molecule has 4 rings (SSSR count). The molecule has 0 aliphatic rings. The molecule has 4 aromatic rings. The summed E-state index contributed by atoms with van der Waals surface area (Å²) in [7, 11) is 3.17. The summed E-state index contributed by atoms with van der Waals surface area (Å²) in [5.74, 6) is 1.56. The fourth-order valence-electron chi connectivity index (χ4n) is 3.05. The standard InChI is InChI=1S/C23H21N5O3/c1-30-20-13-12-18(14-21(20)31-2)22-25-27-28(26-22)15-16-8-10-17(11-9-16)23(29)24-19-6-4-3-5-7-19/h3-14H,15H2,1-2H3,(H,24,29). The minimum atomic E-state index is -0.160. The van der Waals surface area contributed by atoms with E-state index in [4.69, 9.17) is 9.47 Å². The SMILES string of the molecule is COc1ccc(-c2nnn(Cc3ccc(C(=O)Nc4ccccc4)cc3)n2)cc1OC. The number of amides is 1. The van der Waals surface area contributed by atoms with Gasteiger partial charge in [0.2, 0.25) is 5.82 Å². The predicted octanol–water partition coefficient (Wildman–Crippen LogP) is 3.66. The van der Waals surface area contributed by atoms with Crippen LogP contribution in [0.25, 0.3) is 11.4 Å². The molecule has 0 bridgehead atoms. The van der Waals surface area contributed by atoms with E-state index in [1.54, 1.807) is 38.5 Å². The van der Waals surface area contributed by atoms with Gasteiger partial charge < -0.3 is 14.8 Å². The lowest BCUT2D eigenvalue weighted by Crippen LogP contribution is -2.12. The summed E-state index contributed by atoms with van der Waals surface area (Å²) in [6, 6.07) is 22.1. The van der Waals surface area contributed by atoms with Gasteiger partial charge in [-0.2, -0.15) is 4.80 Å². The van der Waals surface area contributed by atoms with Crippen molar-refractivity contribution in [1.82, 2.24) is 20.2 Å². The molecule has 1 aromatic heterocycles. The van der Waals surface area contributed by atoms with Crippen LogP contribution in [0.15, 0.2) is 72.8 Å². The zero-order valence-electron chi connectivity index (χ0n) is 17.1. The van der Waals surface area contributed by atoms with E-state index in [2.05, 4.69) is 20.7 Å². The molecule has 156 valence electrons. The van der Waals surface area contributed by atoms with E-state index in [1.165, 1.54) is 4.80 Å². The molecule has 0 saturated heterocycles.